The Bertz CT molecular complexity index is 460. The van der Waals surface area contributed by atoms with E-state index < -0.39 is 0 Å². The number of benzene rings is 1. The Hall–Kier alpha value is -1.09. The summed E-state index contributed by atoms with van der Waals surface area (Å²) >= 11 is 3.30. The van der Waals surface area contributed by atoms with Crippen LogP contribution >= 0.6 is 15.9 Å². The van der Waals surface area contributed by atoms with Crippen LogP contribution in [0.25, 0.3) is 11.3 Å². The molecule has 3 heteroatoms. The van der Waals surface area contributed by atoms with Crippen molar-refractivity contribution in [2.45, 2.75) is 13.8 Å². The van der Waals surface area contributed by atoms with E-state index in [2.05, 4.69) is 57.9 Å². The van der Waals surface area contributed by atoms with E-state index in [1.165, 1.54) is 16.7 Å². The van der Waals surface area contributed by atoms with Crippen molar-refractivity contribution in [2.24, 2.45) is 0 Å². The van der Waals surface area contributed by atoms with Crippen molar-refractivity contribution in [3.63, 3.8) is 0 Å². The summed E-state index contributed by atoms with van der Waals surface area (Å²) in [6.45, 7) is 4.23. The summed E-state index contributed by atoms with van der Waals surface area (Å²) in [6, 6.07) is 6.39. The Morgan fingerprint density at radius 3 is 2.57 bits per heavy atom. The second kappa shape index (κ2) is 3.58. The maximum absolute atomic E-state index is 4.11. The minimum absolute atomic E-state index is 0.769. The molecule has 1 heterocycles. The van der Waals surface area contributed by atoms with Gasteiger partial charge in [-0.25, -0.2) is 4.98 Å². The molecule has 0 spiro atoms. The van der Waals surface area contributed by atoms with Crippen LogP contribution in [-0.4, -0.2) is 9.97 Å². The highest BCUT2D eigenvalue weighted by Crippen LogP contribution is 2.21. The molecule has 0 aliphatic rings. The lowest BCUT2D eigenvalue weighted by molar-refractivity contribution is 1.24. The van der Waals surface area contributed by atoms with E-state index in [9.17, 15) is 0 Å². The predicted octanol–water partition coefficient (Wildman–Crippen LogP) is 3.46. The number of aromatic nitrogens is 2. The van der Waals surface area contributed by atoms with Crippen LogP contribution in [0.4, 0.5) is 0 Å². The van der Waals surface area contributed by atoms with E-state index in [0.29, 0.717) is 0 Å². The fourth-order valence-corrected chi connectivity index (χ4v) is 1.67. The number of H-pyrrole nitrogens is 1. The first-order valence-electron chi connectivity index (χ1n) is 4.45. The number of imidazole rings is 1. The quantitative estimate of drug-likeness (QED) is 0.826. The Kier molecular flexibility index (Phi) is 2.42. The van der Waals surface area contributed by atoms with Crippen molar-refractivity contribution in [1.82, 2.24) is 9.97 Å². The SMILES string of the molecule is Cc1ccc(-c2cnc(Br)[nH]2)cc1C. The molecule has 2 aromatic rings. The lowest BCUT2D eigenvalue weighted by atomic mass is 10.1. The summed E-state index contributed by atoms with van der Waals surface area (Å²) in [5.41, 5.74) is 4.83. The monoisotopic (exact) mass is 250 g/mol. The summed E-state index contributed by atoms with van der Waals surface area (Å²) in [5.74, 6) is 0. The molecule has 14 heavy (non-hydrogen) atoms. The van der Waals surface area contributed by atoms with Gasteiger partial charge in [-0.05, 0) is 52.5 Å². The van der Waals surface area contributed by atoms with Crippen molar-refractivity contribution in [3.8, 4) is 11.3 Å². The highest BCUT2D eigenvalue weighted by Gasteiger charge is 2.02. The van der Waals surface area contributed by atoms with Crippen LogP contribution in [0.5, 0.6) is 0 Å². The van der Waals surface area contributed by atoms with Crippen LogP contribution in [0.2, 0.25) is 0 Å². The zero-order chi connectivity index (χ0) is 10.1. The summed E-state index contributed by atoms with van der Waals surface area (Å²) in [6.07, 6.45) is 1.83. The van der Waals surface area contributed by atoms with Crippen LogP contribution in [0.1, 0.15) is 11.1 Å². The maximum Gasteiger partial charge on any atom is 0.174 e. The van der Waals surface area contributed by atoms with Gasteiger partial charge in [0.05, 0.1) is 11.9 Å². The topological polar surface area (TPSA) is 28.7 Å². The lowest BCUT2D eigenvalue weighted by Crippen LogP contribution is -1.83. The average Bonchev–Trinajstić information content (AvgIpc) is 2.57. The van der Waals surface area contributed by atoms with E-state index >= 15 is 0 Å². The number of rotatable bonds is 1. The van der Waals surface area contributed by atoms with Gasteiger partial charge in [-0.2, -0.15) is 0 Å². The molecule has 0 amide bonds. The molecule has 2 rings (SSSR count). The van der Waals surface area contributed by atoms with E-state index in [1.54, 1.807) is 0 Å². The van der Waals surface area contributed by atoms with Crippen LogP contribution in [0, 0.1) is 13.8 Å². The summed E-state index contributed by atoms with van der Waals surface area (Å²) in [5, 5.41) is 0. The number of hydrogen-bond donors (Lipinski definition) is 1. The Balaban J connectivity index is 2.47. The van der Waals surface area contributed by atoms with E-state index in [1.807, 2.05) is 6.20 Å². The number of aryl methyl sites for hydroxylation is 2. The van der Waals surface area contributed by atoms with Crippen molar-refractivity contribution in [1.29, 1.82) is 0 Å². The first kappa shape index (κ1) is 9.46. The van der Waals surface area contributed by atoms with Crippen LogP contribution in [0.3, 0.4) is 0 Å². The molecule has 1 N–H and O–H groups in total. The summed E-state index contributed by atoms with van der Waals surface area (Å²) < 4.78 is 0.769. The van der Waals surface area contributed by atoms with Crippen LogP contribution in [0.15, 0.2) is 29.1 Å². The number of halogens is 1. The molecule has 0 unspecified atom stereocenters. The number of nitrogens with zero attached hydrogens (tertiary/aromatic N) is 1. The predicted molar refractivity (Wildman–Crippen MR) is 61.2 cm³/mol. The molecule has 72 valence electrons. The molecule has 0 atom stereocenters. The van der Waals surface area contributed by atoms with Crippen LogP contribution in [-0.2, 0) is 0 Å². The maximum atomic E-state index is 4.11. The highest BCUT2D eigenvalue weighted by atomic mass is 79.9. The Morgan fingerprint density at radius 1 is 1.21 bits per heavy atom. The lowest BCUT2D eigenvalue weighted by Gasteiger charge is -2.02. The first-order chi connectivity index (χ1) is 6.66. The molecule has 0 saturated heterocycles. The minimum Gasteiger partial charge on any atom is -0.333 e. The van der Waals surface area contributed by atoms with Gasteiger partial charge in [0, 0.05) is 0 Å². The fraction of sp³-hybridized carbons (Fsp3) is 0.182. The number of hydrogen-bond acceptors (Lipinski definition) is 1. The first-order valence-corrected chi connectivity index (χ1v) is 5.24. The second-order valence-corrected chi connectivity index (χ2v) is 4.14. The molecule has 0 fully saturated rings. The van der Waals surface area contributed by atoms with Crippen molar-refractivity contribution < 1.29 is 0 Å². The zero-order valence-corrected chi connectivity index (χ0v) is 9.72. The van der Waals surface area contributed by atoms with Gasteiger partial charge in [-0.3, -0.25) is 0 Å². The van der Waals surface area contributed by atoms with Gasteiger partial charge in [0.2, 0.25) is 0 Å². The highest BCUT2D eigenvalue weighted by molar-refractivity contribution is 9.10. The molecule has 0 aliphatic heterocycles. The molecule has 0 aliphatic carbocycles. The molecular formula is C11H11BrN2. The van der Waals surface area contributed by atoms with Gasteiger partial charge >= 0.3 is 0 Å². The summed E-state index contributed by atoms with van der Waals surface area (Å²) in [4.78, 5) is 7.25. The summed E-state index contributed by atoms with van der Waals surface area (Å²) in [7, 11) is 0. The molecule has 1 aromatic carbocycles. The van der Waals surface area contributed by atoms with Gasteiger partial charge in [0.15, 0.2) is 4.73 Å². The van der Waals surface area contributed by atoms with Gasteiger partial charge in [-0.15, -0.1) is 0 Å². The van der Waals surface area contributed by atoms with Crippen molar-refractivity contribution in [2.75, 3.05) is 0 Å². The number of aromatic amines is 1. The fourth-order valence-electron chi connectivity index (χ4n) is 1.35. The average molecular weight is 251 g/mol. The molecular weight excluding hydrogens is 240 g/mol. The normalized spacial score (nSPS) is 10.5. The number of nitrogens with one attached hydrogen (secondary N) is 1. The van der Waals surface area contributed by atoms with Crippen molar-refractivity contribution in [3.05, 3.63) is 40.3 Å². The third-order valence-electron chi connectivity index (χ3n) is 2.36. The smallest absolute Gasteiger partial charge is 0.174 e. The third kappa shape index (κ3) is 1.73. The Morgan fingerprint density at radius 2 is 2.00 bits per heavy atom. The molecule has 1 aromatic heterocycles. The standard InChI is InChI=1S/C11H11BrN2/c1-7-3-4-9(5-8(7)2)10-6-13-11(12)14-10/h3-6H,1-2H3,(H,13,14). The van der Waals surface area contributed by atoms with E-state index in [0.717, 1.165) is 10.4 Å². The van der Waals surface area contributed by atoms with Crippen molar-refractivity contribution >= 4 is 15.9 Å². The van der Waals surface area contributed by atoms with Gasteiger partial charge in [0.25, 0.3) is 0 Å². The van der Waals surface area contributed by atoms with Gasteiger partial charge < -0.3 is 4.98 Å². The van der Waals surface area contributed by atoms with Crippen LogP contribution < -0.4 is 0 Å². The molecule has 2 nitrogen and oxygen atoms in total. The Labute approximate surface area is 91.5 Å². The minimum atomic E-state index is 0.769. The van der Waals surface area contributed by atoms with E-state index in [-0.39, 0.29) is 0 Å². The molecule has 0 bridgehead atoms. The van der Waals surface area contributed by atoms with Gasteiger partial charge in [0.1, 0.15) is 0 Å². The second-order valence-electron chi connectivity index (χ2n) is 3.39. The van der Waals surface area contributed by atoms with Gasteiger partial charge in [-0.1, -0.05) is 12.1 Å². The third-order valence-corrected chi connectivity index (χ3v) is 2.77. The molecule has 0 radical (unpaired) electrons. The largest absolute Gasteiger partial charge is 0.333 e. The zero-order valence-electron chi connectivity index (χ0n) is 8.13. The van der Waals surface area contributed by atoms with E-state index in [4.69, 9.17) is 0 Å². The molecule has 0 saturated carbocycles.